The van der Waals surface area contributed by atoms with E-state index in [4.69, 9.17) is 9.47 Å². The van der Waals surface area contributed by atoms with E-state index in [1.54, 1.807) is 4.90 Å². The Labute approximate surface area is 206 Å². The predicted octanol–water partition coefficient (Wildman–Crippen LogP) is 4.72. The van der Waals surface area contributed by atoms with Gasteiger partial charge in [0, 0.05) is 56.0 Å². The standard InChI is InChI=1S/C28H33N3O4/c1-18-24(10-7-21-4-3-12-30-27(18)21)20-5-8-22(9-6-20)35-23-11-14-31(28(32)33)25(16-23)19(2)26-17-29-13-15-34-26/h3-10,12,19,23,25-26,29H,11,13-17H2,1-2H3,(H,32,33). The van der Waals surface area contributed by atoms with E-state index < -0.39 is 6.09 Å². The Morgan fingerprint density at radius 2 is 2.06 bits per heavy atom. The predicted molar refractivity (Wildman–Crippen MR) is 136 cm³/mol. The molecule has 2 N–H and O–H groups in total. The Hall–Kier alpha value is -3.16. The second-order valence-electron chi connectivity index (χ2n) is 9.62. The first-order valence-corrected chi connectivity index (χ1v) is 12.4. The summed E-state index contributed by atoms with van der Waals surface area (Å²) in [5, 5.41) is 14.3. The van der Waals surface area contributed by atoms with Crippen LogP contribution in [-0.2, 0) is 4.74 Å². The first-order chi connectivity index (χ1) is 17.0. The first-order valence-electron chi connectivity index (χ1n) is 12.4. The fraction of sp³-hybridized carbons (Fsp3) is 0.429. The highest BCUT2D eigenvalue weighted by atomic mass is 16.5. The number of carbonyl (C=O) groups is 1. The first kappa shape index (κ1) is 23.6. The van der Waals surface area contributed by atoms with Gasteiger partial charge in [-0.25, -0.2) is 4.79 Å². The average molecular weight is 476 g/mol. The number of likely N-dealkylation sites (tertiary alicyclic amines) is 1. The minimum atomic E-state index is -0.867. The quantitative estimate of drug-likeness (QED) is 0.555. The Balaban J connectivity index is 1.29. The zero-order chi connectivity index (χ0) is 24.4. The monoisotopic (exact) mass is 475 g/mol. The largest absolute Gasteiger partial charge is 0.490 e. The van der Waals surface area contributed by atoms with Gasteiger partial charge in [0.1, 0.15) is 11.9 Å². The van der Waals surface area contributed by atoms with Crippen LogP contribution in [0.3, 0.4) is 0 Å². The van der Waals surface area contributed by atoms with Gasteiger partial charge >= 0.3 is 6.09 Å². The van der Waals surface area contributed by atoms with Gasteiger partial charge in [-0.2, -0.15) is 0 Å². The number of hydrogen-bond acceptors (Lipinski definition) is 5. The zero-order valence-electron chi connectivity index (χ0n) is 20.3. The van der Waals surface area contributed by atoms with Crippen LogP contribution in [0.15, 0.2) is 54.7 Å². The molecule has 0 radical (unpaired) electrons. The molecule has 1 amide bonds. The number of nitrogens with zero attached hydrogens (tertiary/aromatic N) is 2. The Morgan fingerprint density at radius 1 is 1.23 bits per heavy atom. The maximum atomic E-state index is 11.9. The number of morpholine rings is 1. The summed E-state index contributed by atoms with van der Waals surface area (Å²) in [6.07, 6.45) is 2.27. The van der Waals surface area contributed by atoms with Crippen molar-refractivity contribution in [3.63, 3.8) is 0 Å². The van der Waals surface area contributed by atoms with Crippen molar-refractivity contribution >= 4 is 17.0 Å². The normalized spacial score (nSPS) is 23.7. The van der Waals surface area contributed by atoms with Gasteiger partial charge in [-0.05, 0) is 41.8 Å². The molecule has 0 spiro atoms. The lowest BCUT2D eigenvalue weighted by molar-refractivity contribution is -0.0469. The highest BCUT2D eigenvalue weighted by Gasteiger charge is 2.39. The van der Waals surface area contributed by atoms with Crippen molar-refractivity contribution in [2.24, 2.45) is 5.92 Å². The number of ether oxygens (including phenoxy) is 2. The summed E-state index contributed by atoms with van der Waals surface area (Å²) in [4.78, 5) is 18.0. The molecular formula is C28H33N3O4. The van der Waals surface area contributed by atoms with Gasteiger partial charge < -0.3 is 24.8 Å². The molecule has 7 nitrogen and oxygen atoms in total. The van der Waals surface area contributed by atoms with E-state index in [1.165, 1.54) is 0 Å². The molecule has 2 aromatic carbocycles. The SMILES string of the molecule is Cc1c(-c2ccc(OC3CCN(C(=O)O)C(C(C)C4CNCCO4)C3)cc2)ccc2cccnc12. The molecule has 4 unspecified atom stereocenters. The molecule has 3 aromatic rings. The number of carboxylic acid groups (broad SMARTS) is 1. The summed E-state index contributed by atoms with van der Waals surface area (Å²) in [6.45, 7) is 6.92. The van der Waals surface area contributed by atoms with Gasteiger partial charge in [0.15, 0.2) is 0 Å². The van der Waals surface area contributed by atoms with Crippen LogP contribution in [0, 0.1) is 12.8 Å². The number of aromatic nitrogens is 1. The molecule has 0 saturated carbocycles. The van der Waals surface area contributed by atoms with Crippen molar-refractivity contribution in [3.05, 3.63) is 60.3 Å². The maximum absolute atomic E-state index is 11.9. The lowest BCUT2D eigenvalue weighted by Crippen LogP contribution is -2.55. The minimum Gasteiger partial charge on any atom is -0.490 e. The molecule has 1 aromatic heterocycles. The van der Waals surface area contributed by atoms with Crippen LogP contribution in [0.2, 0.25) is 0 Å². The summed E-state index contributed by atoms with van der Waals surface area (Å²) in [7, 11) is 0. The summed E-state index contributed by atoms with van der Waals surface area (Å²) in [5.74, 6) is 0.887. The molecule has 4 atom stereocenters. The van der Waals surface area contributed by atoms with Crippen molar-refractivity contribution in [1.82, 2.24) is 15.2 Å². The average Bonchev–Trinajstić information content (AvgIpc) is 2.89. The maximum Gasteiger partial charge on any atom is 0.407 e. The summed E-state index contributed by atoms with van der Waals surface area (Å²) in [6, 6.07) is 16.3. The Kier molecular flexibility index (Phi) is 6.88. The second-order valence-corrected chi connectivity index (χ2v) is 9.62. The summed E-state index contributed by atoms with van der Waals surface area (Å²) in [5.41, 5.74) is 4.46. The molecule has 2 aliphatic rings. The number of aryl methyl sites for hydroxylation is 1. The van der Waals surface area contributed by atoms with Crippen LogP contribution >= 0.6 is 0 Å². The highest BCUT2D eigenvalue weighted by Crippen LogP contribution is 2.32. The van der Waals surface area contributed by atoms with Crippen LogP contribution < -0.4 is 10.1 Å². The van der Waals surface area contributed by atoms with E-state index >= 15 is 0 Å². The van der Waals surface area contributed by atoms with Gasteiger partial charge in [0.2, 0.25) is 0 Å². The number of nitrogens with one attached hydrogen (secondary N) is 1. The Bertz CT molecular complexity index is 1180. The molecule has 7 heteroatoms. The third-order valence-electron chi connectivity index (χ3n) is 7.49. The van der Waals surface area contributed by atoms with Gasteiger partial charge in [0.25, 0.3) is 0 Å². The number of rotatable bonds is 5. The van der Waals surface area contributed by atoms with Gasteiger partial charge in [-0.15, -0.1) is 0 Å². The smallest absolute Gasteiger partial charge is 0.407 e. The third kappa shape index (κ3) is 4.97. The number of hydrogen-bond donors (Lipinski definition) is 2. The van der Waals surface area contributed by atoms with E-state index in [0.717, 1.165) is 46.4 Å². The highest BCUT2D eigenvalue weighted by molar-refractivity contribution is 5.88. The molecule has 2 aliphatic heterocycles. The number of piperidine rings is 1. The number of pyridine rings is 1. The van der Waals surface area contributed by atoms with E-state index in [-0.39, 0.29) is 24.2 Å². The molecule has 35 heavy (non-hydrogen) atoms. The topological polar surface area (TPSA) is 83.9 Å². The van der Waals surface area contributed by atoms with Crippen molar-refractivity contribution < 1.29 is 19.4 Å². The molecule has 184 valence electrons. The van der Waals surface area contributed by atoms with Crippen molar-refractivity contribution in [3.8, 4) is 16.9 Å². The van der Waals surface area contributed by atoms with Crippen molar-refractivity contribution in [2.75, 3.05) is 26.2 Å². The van der Waals surface area contributed by atoms with Crippen molar-refractivity contribution in [1.29, 1.82) is 0 Å². The fourth-order valence-electron chi connectivity index (χ4n) is 5.49. The number of benzene rings is 2. The molecule has 0 bridgehead atoms. The molecular weight excluding hydrogens is 442 g/mol. The van der Waals surface area contributed by atoms with E-state index in [1.807, 2.05) is 24.4 Å². The Morgan fingerprint density at radius 3 is 2.80 bits per heavy atom. The van der Waals surface area contributed by atoms with Gasteiger partial charge in [-0.1, -0.05) is 37.3 Å². The lowest BCUT2D eigenvalue weighted by atomic mass is 9.86. The third-order valence-corrected chi connectivity index (χ3v) is 7.49. The van der Waals surface area contributed by atoms with Crippen molar-refractivity contribution in [2.45, 2.75) is 44.9 Å². The van der Waals surface area contributed by atoms with Gasteiger partial charge in [-0.3, -0.25) is 4.98 Å². The van der Waals surface area contributed by atoms with Crippen LogP contribution in [-0.4, -0.2) is 65.6 Å². The molecule has 5 rings (SSSR count). The van der Waals surface area contributed by atoms with Crippen LogP contribution in [0.25, 0.3) is 22.0 Å². The van der Waals surface area contributed by atoms with Crippen LogP contribution in [0.1, 0.15) is 25.3 Å². The van der Waals surface area contributed by atoms with E-state index in [9.17, 15) is 9.90 Å². The summed E-state index contributed by atoms with van der Waals surface area (Å²) >= 11 is 0. The van der Waals surface area contributed by atoms with Crippen LogP contribution in [0.4, 0.5) is 4.79 Å². The minimum absolute atomic E-state index is 0.00770. The fourth-order valence-corrected chi connectivity index (χ4v) is 5.49. The number of fused-ring (bicyclic) bond motifs is 1. The molecule has 2 fully saturated rings. The lowest BCUT2D eigenvalue weighted by Gasteiger charge is -2.43. The molecule has 3 heterocycles. The zero-order valence-corrected chi connectivity index (χ0v) is 20.3. The van der Waals surface area contributed by atoms with E-state index in [0.29, 0.717) is 26.0 Å². The van der Waals surface area contributed by atoms with Crippen LogP contribution in [0.5, 0.6) is 5.75 Å². The van der Waals surface area contributed by atoms with Gasteiger partial charge in [0.05, 0.1) is 18.2 Å². The molecule has 2 saturated heterocycles. The number of amides is 1. The van der Waals surface area contributed by atoms with E-state index in [2.05, 4.69) is 54.5 Å². The second kappa shape index (κ2) is 10.2. The molecule has 0 aliphatic carbocycles. The summed E-state index contributed by atoms with van der Waals surface area (Å²) < 4.78 is 12.3.